The van der Waals surface area contributed by atoms with E-state index in [1.54, 1.807) is 14.2 Å². The first-order valence-electron chi connectivity index (χ1n) is 11.6. The van der Waals surface area contributed by atoms with Gasteiger partial charge < -0.3 is 14.4 Å². The summed E-state index contributed by atoms with van der Waals surface area (Å²) in [6, 6.07) is 16.5. The highest BCUT2D eigenvalue weighted by Gasteiger charge is 2.30. The smallest absolute Gasteiger partial charge is 0.225 e. The fraction of sp³-hybridized carbons (Fsp3) is 0.500. The molecule has 0 aromatic heterocycles. The fourth-order valence-corrected chi connectivity index (χ4v) is 4.81. The normalized spacial score (nSPS) is 18.5. The van der Waals surface area contributed by atoms with Crippen molar-refractivity contribution in [3.8, 4) is 11.5 Å². The van der Waals surface area contributed by atoms with Gasteiger partial charge in [-0.25, -0.2) is 0 Å². The van der Waals surface area contributed by atoms with Gasteiger partial charge in [-0.3, -0.25) is 14.6 Å². The molecule has 2 aliphatic rings. The molecule has 4 rings (SSSR count). The molecule has 0 bridgehead atoms. The van der Waals surface area contributed by atoms with E-state index in [0.29, 0.717) is 5.91 Å². The van der Waals surface area contributed by atoms with Crippen LogP contribution in [-0.2, 0) is 17.9 Å². The van der Waals surface area contributed by atoms with Gasteiger partial charge in [-0.15, -0.1) is 0 Å². The Balaban J connectivity index is 1.24. The maximum Gasteiger partial charge on any atom is 0.225 e. The second-order valence-electron chi connectivity index (χ2n) is 8.82. The first-order chi connectivity index (χ1) is 15.7. The number of hydrogen-bond donors (Lipinski definition) is 0. The number of benzene rings is 2. The highest BCUT2D eigenvalue weighted by Crippen LogP contribution is 2.28. The van der Waals surface area contributed by atoms with Crippen molar-refractivity contribution in [1.29, 1.82) is 0 Å². The molecule has 6 heteroatoms. The molecular weight excluding hydrogens is 402 g/mol. The molecule has 0 spiro atoms. The lowest BCUT2D eigenvalue weighted by molar-refractivity contribution is -0.139. The minimum absolute atomic E-state index is 0.152. The molecule has 0 radical (unpaired) electrons. The number of methoxy groups -OCH3 is 2. The summed E-state index contributed by atoms with van der Waals surface area (Å²) in [6.07, 6.45) is 1.85. The van der Waals surface area contributed by atoms with Crippen LogP contribution in [0.1, 0.15) is 24.0 Å². The predicted molar refractivity (Wildman–Crippen MR) is 126 cm³/mol. The van der Waals surface area contributed by atoms with Crippen LogP contribution in [0.15, 0.2) is 48.5 Å². The van der Waals surface area contributed by atoms with Gasteiger partial charge in [0.15, 0.2) is 0 Å². The lowest BCUT2D eigenvalue weighted by Crippen LogP contribution is -2.51. The Morgan fingerprint density at radius 1 is 0.844 bits per heavy atom. The van der Waals surface area contributed by atoms with E-state index in [1.165, 1.54) is 5.56 Å². The van der Waals surface area contributed by atoms with Crippen LogP contribution in [0.4, 0.5) is 0 Å². The fourth-order valence-electron chi connectivity index (χ4n) is 4.81. The topological polar surface area (TPSA) is 45.3 Å². The van der Waals surface area contributed by atoms with Crippen molar-refractivity contribution in [1.82, 2.24) is 14.7 Å². The molecule has 2 saturated heterocycles. The Morgan fingerprint density at radius 2 is 1.53 bits per heavy atom. The van der Waals surface area contributed by atoms with Crippen LogP contribution in [0.3, 0.4) is 0 Å². The summed E-state index contributed by atoms with van der Waals surface area (Å²) in [5, 5.41) is 0. The Hall–Kier alpha value is -2.57. The number of carbonyl (C=O) groups is 1. The molecule has 0 unspecified atom stereocenters. The first kappa shape index (κ1) is 22.6. The molecule has 2 fully saturated rings. The number of amides is 1. The number of rotatable bonds is 7. The molecule has 0 aliphatic carbocycles. The lowest BCUT2D eigenvalue weighted by atomic mass is 9.94. The number of hydrogen-bond acceptors (Lipinski definition) is 5. The van der Waals surface area contributed by atoms with Crippen LogP contribution in [0, 0.1) is 5.92 Å². The summed E-state index contributed by atoms with van der Waals surface area (Å²) >= 11 is 0. The van der Waals surface area contributed by atoms with Crippen molar-refractivity contribution in [2.24, 2.45) is 5.92 Å². The van der Waals surface area contributed by atoms with Crippen LogP contribution in [0.5, 0.6) is 11.5 Å². The number of likely N-dealkylation sites (tertiary alicyclic amines) is 1. The second-order valence-corrected chi connectivity index (χ2v) is 8.82. The van der Waals surface area contributed by atoms with E-state index in [2.05, 4.69) is 45.0 Å². The van der Waals surface area contributed by atoms with Gasteiger partial charge in [0, 0.05) is 50.7 Å². The number of piperidine rings is 1. The van der Waals surface area contributed by atoms with E-state index in [1.807, 2.05) is 18.2 Å². The number of ether oxygens (including phenoxy) is 2. The third-order valence-corrected chi connectivity index (χ3v) is 6.75. The molecule has 2 aliphatic heterocycles. The van der Waals surface area contributed by atoms with Crippen molar-refractivity contribution in [3.05, 3.63) is 59.7 Å². The average molecular weight is 438 g/mol. The largest absolute Gasteiger partial charge is 0.497 e. The maximum atomic E-state index is 13.1. The Labute approximate surface area is 191 Å². The van der Waals surface area contributed by atoms with Gasteiger partial charge in [-0.05, 0) is 49.7 Å². The molecule has 2 aromatic carbocycles. The molecule has 1 amide bonds. The Kier molecular flexibility index (Phi) is 7.66. The van der Waals surface area contributed by atoms with Crippen LogP contribution >= 0.6 is 0 Å². The molecule has 0 atom stereocenters. The highest BCUT2D eigenvalue weighted by molar-refractivity contribution is 5.79. The molecule has 2 heterocycles. The zero-order valence-electron chi connectivity index (χ0n) is 19.3. The summed E-state index contributed by atoms with van der Waals surface area (Å²) < 4.78 is 10.9. The van der Waals surface area contributed by atoms with Crippen LogP contribution in [0.25, 0.3) is 0 Å². The third kappa shape index (κ3) is 5.61. The van der Waals surface area contributed by atoms with E-state index in [-0.39, 0.29) is 5.92 Å². The van der Waals surface area contributed by atoms with Gasteiger partial charge in [-0.1, -0.05) is 30.3 Å². The Morgan fingerprint density at radius 3 is 2.19 bits per heavy atom. The number of carbonyl (C=O) groups excluding carboxylic acids is 1. The molecule has 32 heavy (non-hydrogen) atoms. The molecule has 2 aromatic rings. The van der Waals surface area contributed by atoms with Crippen LogP contribution in [-0.4, -0.2) is 74.1 Å². The minimum Gasteiger partial charge on any atom is -0.497 e. The van der Waals surface area contributed by atoms with Crippen molar-refractivity contribution < 1.29 is 14.3 Å². The van der Waals surface area contributed by atoms with E-state index in [9.17, 15) is 4.79 Å². The molecule has 0 saturated carbocycles. The van der Waals surface area contributed by atoms with Crippen molar-refractivity contribution in [3.63, 3.8) is 0 Å². The van der Waals surface area contributed by atoms with Crippen molar-refractivity contribution in [2.45, 2.75) is 25.9 Å². The minimum atomic E-state index is 0.152. The van der Waals surface area contributed by atoms with Crippen LogP contribution in [0.2, 0.25) is 0 Å². The van der Waals surface area contributed by atoms with Gasteiger partial charge in [0.05, 0.1) is 14.2 Å². The third-order valence-electron chi connectivity index (χ3n) is 6.75. The van der Waals surface area contributed by atoms with Gasteiger partial charge in [0.1, 0.15) is 11.5 Å². The first-order valence-corrected chi connectivity index (χ1v) is 11.6. The second kappa shape index (κ2) is 10.8. The van der Waals surface area contributed by atoms with E-state index in [4.69, 9.17) is 9.47 Å². The average Bonchev–Trinajstić information content (AvgIpc) is 2.85. The zero-order chi connectivity index (χ0) is 22.3. The molecule has 0 N–H and O–H groups in total. The van der Waals surface area contributed by atoms with Crippen molar-refractivity contribution in [2.75, 3.05) is 53.5 Å². The quantitative estimate of drug-likeness (QED) is 0.665. The monoisotopic (exact) mass is 437 g/mol. The molecular formula is C26H35N3O3. The SMILES string of the molecule is COc1ccc(OC)c(CN2CCC(C(=O)N3CCN(Cc4ccccc4)CC3)CC2)c1. The molecule has 6 nitrogen and oxygen atoms in total. The summed E-state index contributed by atoms with van der Waals surface area (Å²) in [4.78, 5) is 20.1. The van der Waals surface area contributed by atoms with E-state index in [0.717, 1.165) is 82.3 Å². The number of piperazine rings is 1. The van der Waals surface area contributed by atoms with Crippen molar-refractivity contribution >= 4 is 5.91 Å². The maximum absolute atomic E-state index is 13.1. The standard InChI is InChI=1S/C26H35N3O3/c1-31-24-8-9-25(32-2)23(18-24)20-27-12-10-22(11-13-27)26(30)29-16-14-28(15-17-29)19-21-6-4-3-5-7-21/h3-9,18,22H,10-17,19-20H2,1-2H3. The summed E-state index contributed by atoms with van der Waals surface area (Å²) in [6.45, 7) is 7.24. The van der Waals surface area contributed by atoms with Gasteiger partial charge >= 0.3 is 0 Å². The van der Waals surface area contributed by atoms with Gasteiger partial charge in [0.2, 0.25) is 5.91 Å². The number of nitrogens with zero attached hydrogens (tertiary/aromatic N) is 3. The van der Waals surface area contributed by atoms with E-state index < -0.39 is 0 Å². The summed E-state index contributed by atoms with van der Waals surface area (Å²) in [7, 11) is 3.39. The van der Waals surface area contributed by atoms with E-state index >= 15 is 0 Å². The summed E-state index contributed by atoms with van der Waals surface area (Å²) in [5.74, 6) is 2.23. The predicted octanol–water partition coefficient (Wildman–Crippen LogP) is 3.26. The lowest BCUT2D eigenvalue weighted by Gasteiger charge is -2.38. The zero-order valence-corrected chi connectivity index (χ0v) is 19.3. The van der Waals surface area contributed by atoms with Gasteiger partial charge in [0.25, 0.3) is 0 Å². The van der Waals surface area contributed by atoms with Crippen LogP contribution < -0.4 is 9.47 Å². The summed E-state index contributed by atoms with van der Waals surface area (Å²) in [5.41, 5.74) is 2.47. The highest BCUT2D eigenvalue weighted by atomic mass is 16.5. The Bertz CT molecular complexity index is 873. The van der Waals surface area contributed by atoms with Gasteiger partial charge in [-0.2, -0.15) is 0 Å². The molecule has 172 valence electrons.